The number of carbonyl (C=O) groups is 1. The number of nitrogens with zero attached hydrogens (tertiary/aromatic N) is 2. The Hall–Kier alpha value is -2.20. The first-order valence-corrected chi connectivity index (χ1v) is 8.04. The fourth-order valence-corrected chi connectivity index (χ4v) is 3.23. The molecule has 0 amide bonds. The monoisotopic (exact) mass is 310 g/mol. The molecule has 0 bridgehead atoms. The Morgan fingerprint density at radius 2 is 2.04 bits per heavy atom. The van der Waals surface area contributed by atoms with Crippen molar-refractivity contribution in [2.45, 2.75) is 38.8 Å². The van der Waals surface area contributed by atoms with E-state index in [9.17, 15) is 9.90 Å². The second-order valence-electron chi connectivity index (χ2n) is 6.43. The molecule has 4 nitrogen and oxygen atoms in total. The first kappa shape index (κ1) is 15.7. The number of fused-ring (bicyclic) bond motifs is 1. The van der Waals surface area contributed by atoms with Crippen molar-refractivity contribution in [1.82, 2.24) is 9.88 Å². The lowest BCUT2D eigenvalue weighted by Crippen LogP contribution is -2.38. The van der Waals surface area contributed by atoms with E-state index in [1.54, 1.807) is 18.5 Å². The van der Waals surface area contributed by atoms with Crippen LogP contribution in [0.15, 0.2) is 42.7 Å². The molecule has 1 N–H and O–H groups in total. The average Bonchev–Trinajstić information content (AvgIpc) is 2.55. The molecule has 2 aromatic rings. The summed E-state index contributed by atoms with van der Waals surface area (Å²) < 4.78 is 0. The molecule has 2 heterocycles. The zero-order valence-corrected chi connectivity index (χ0v) is 13.6. The maximum Gasteiger partial charge on any atom is 0.325 e. The van der Waals surface area contributed by atoms with Crippen LogP contribution in [-0.4, -0.2) is 27.5 Å². The van der Waals surface area contributed by atoms with E-state index in [1.165, 1.54) is 16.7 Å². The fourth-order valence-electron chi connectivity index (χ4n) is 3.23. The summed E-state index contributed by atoms with van der Waals surface area (Å²) >= 11 is 0. The Balaban J connectivity index is 1.90. The predicted octanol–water partition coefficient (Wildman–Crippen LogP) is 3.39. The number of hydrogen-bond donors (Lipinski definition) is 1. The largest absolute Gasteiger partial charge is 0.480 e. The molecule has 3 rings (SSSR count). The third-order valence-corrected chi connectivity index (χ3v) is 4.54. The van der Waals surface area contributed by atoms with Crippen LogP contribution in [0.3, 0.4) is 0 Å². The van der Waals surface area contributed by atoms with Crippen LogP contribution in [0.1, 0.15) is 48.1 Å². The summed E-state index contributed by atoms with van der Waals surface area (Å²) in [5.74, 6) is -0.342. The maximum atomic E-state index is 11.8. The van der Waals surface area contributed by atoms with Crippen LogP contribution >= 0.6 is 0 Å². The van der Waals surface area contributed by atoms with Gasteiger partial charge >= 0.3 is 5.97 Å². The van der Waals surface area contributed by atoms with Gasteiger partial charge in [0.25, 0.3) is 0 Å². The molecule has 1 aliphatic heterocycles. The van der Waals surface area contributed by atoms with Crippen LogP contribution in [0.5, 0.6) is 0 Å². The van der Waals surface area contributed by atoms with Crippen molar-refractivity contribution < 1.29 is 9.90 Å². The van der Waals surface area contributed by atoms with Gasteiger partial charge in [0.15, 0.2) is 0 Å². The number of hydrogen-bond acceptors (Lipinski definition) is 3. The smallest absolute Gasteiger partial charge is 0.325 e. The van der Waals surface area contributed by atoms with Crippen LogP contribution in [0.2, 0.25) is 0 Å². The fraction of sp³-hybridized carbons (Fsp3) is 0.368. The Morgan fingerprint density at radius 1 is 1.22 bits per heavy atom. The molecule has 1 aromatic carbocycles. The molecule has 0 radical (unpaired) electrons. The van der Waals surface area contributed by atoms with Crippen LogP contribution < -0.4 is 0 Å². The van der Waals surface area contributed by atoms with Crippen molar-refractivity contribution in [3.05, 3.63) is 65.0 Å². The first-order chi connectivity index (χ1) is 11.1. The molecule has 1 aliphatic rings. The number of rotatable bonds is 4. The average molecular weight is 310 g/mol. The maximum absolute atomic E-state index is 11.8. The van der Waals surface area contributed by atoms with Gasteiger partial charge in [0.1, 0.15) is 6.04 Å². The van der Waals surface area contributed by atoms with Gasteiger partial charge in [0.05, 0.1) is 0 Å². The standard InChI is InChI=1S/C19H22N2O2/c1-13(2)15-6-5-14-7-9-21(12-17(14)10-15)18(19(22)23)16-4-3-8-20-11-16/h3-6,8,10-11,13,18H,7,9,12H2,1-2H3,(H,22,23). The molecular weight excluding hydrogens is 288 g/mol. The summed E-state index contributed by atoms with van der Waals surface area (Å²) in [5, 5.41) is 9.70. The third-order valence-electron chi connectivity index (χ3n) is 4.54. The van der Waals surface area contributed by atoms with Crippen molar-refractivity contribution in [3.8, 4) is 0 Å². The van der Waals surface area contributed by atoms with Gasteiger partial charge in [0.2, 0.25) is 0 Å². The van der Waals surface area contributed by atoms with Crippen LogP contribution in [0.4, 0.5) is 0 Å². The Kier molecular flexibility index (Phi) is 4.44. The third kappa shape index (κ3) is 3.27. The molecule has 0 aliphatic carbocycles. The van der Waals surface area contributed by atoms with E-state index in [-0.39, 0.29) is 0 Å². The van der Waals surface area contributed by atoms with Crippen LogP contribution in [0, 0.1) is 0 Å². The molecule has 0 spiro atoms. The minimum atomic E-state index is -0.818. The predicted molar refractivity (Wildman–Crippen MR) is 89.3 cm³/mol. The van der Waals surface area contributed by atoms with Gasteiger partial charge in [-0.3, -0.25) is 14.7 Å². The molecule has 0 saturated heterocycles. The summed E-state index contributed by atoms with van der Waals surface area (Å²) in [6.07, 6.45) is 4.21. The number of aliphatic carboxylic acids is 1. The zero-order valence-electron chi connectivity index (χ0n) is 13.6. The summed E-state index contributed by atoms with van der Waals surface area (Å²) in [6.45, 7) is 5.78. The lowest BCUT2D eigenvalue weighted by atomic mass is 9.92. The molecule has 120 valence electrons. The summed E-state index contributed by atoms with van der Waals surface area (Å²) in [5.41, 5.74) is 4.63. The Labute approximate surface area is 136 Å². The number of aromatic nitrogens is 1. The highest BCUT2D eigenvalue weighted by atomic mass is 16.4. The second-order valence-corrected chi connectivity index (χ2v) is 6.43. The highest BCUT2D eigenvalue weighted by Gasteiger charge is 2.30. The normalized spacial score (nSPS) is 16.1. The quantitative estimate of drug-likeness (QED) is 0.940. The highest BCUT2D eigenvalue weighted by molar-refractivity contribution is 5.75. The van der Waals surface area contributed by atoms with Gasteiger partial charge < -0.3 is 5.11 Å². The van der Waals surface area contributed by atoms with Crippen molar-refractivity contribution in [3.63, 3.8) is 0 Å². The van der Waals surface area contributed by atoms with E-state index in [2.05, 4.69) is 37.0 Å². The lowest BCUT2D eigenvalue weighted by molar-refractivity contribution is -0.144. The number of pyridine rings is 1. The van der Waals surface area contributed by atoms with E-state index in [4.69, 9.17) is 0 Å². The van der Waals surface area contributed by atoms with Crippen LogP contribution in [0.25, 0.3) is 0 Å². The zero-order chi connectivity index (χ0) is 16.4. The minimum Gasteiger partial charge on any atom is -0.480 e. The molecule has 1 aromatic heterocycles. The van der Waals surface area contributed by atoms with Gasteiger partial charge in [-0.1, -0.05) is 38.1 Å². The van der Waals surface area contributed by atoms with Gasteiger partial charge in [0, 0.05) is 25.5 Å². The molecule has 4 heteroatoms. The van der Waals surface area contributed by atoms with Gasteiger partial charge in [-0.25, -0.2) is 0 Å². The summed E-state index contributed by atoms with van der Waals surface area (Å²) in [7, 11) is 0. The van der Waals surface area contributed by atoms with Gasteiger partial charge in [-0.05, 0) is 40.7 Å². The van der Waals surface area contributed by atoms with E-state index in [0.29, 0.717) is 12.5 Å². The van der Waals surface area contributed by atoms with Gasteiger partial charge in [-0.15, -0.1) is 0 Å². The Bertz CT molecular complexity index is 698. The first-order valence-electron chi connectivity index (χ1n) is 8.04. The molecule has 0 fully saturated rings. The molecular formula is C19H22N2O2. The van der Waals surface area contributed by atoms with E-state index in [1.807, 2.05) is 11.0 Å². The number of benzene rings is 1. The van der Waals surface area contributed by atoms with E-state index in [0.717, 1.165) is 18.5 Å². The molecule has 1 unspecified atom stereocenters. The lowest BCUT2D eigenvalue weighted by Gasteiger charge is -2.33. The van der Waals surface area contributed by atoms with E-state index < -0.39 is 12.0 Å². The summed E-state index contributed by atoms with van der Waals surface area (Å²) in [4.78, 5) is 17.9. The SMILES string of the molecule is CC(C)c1ccc2c(c1)CN(C(C(=O)O)c1cccnc1)CC2. The van der Waals surface area contributed by atoms with E-state index >= 15 is 0 Å². The topological polar surface area (TPSA) is 53.4 Å². The Morgan fingerprint density at radius 3 is 2.70 bits per heavy atom. The van der Waals surface area contributed by atoms with Crippen molar-refractivity contribution in [2.24, 2.45) is 0 Å². The number of carboxylic acid groups (broad SMARTS) is 1. The van der Waals surface area contributed by atoms with Crippen LogP contribution in [-0.2, 0) is 17.8 Å². The molecule has 0 saturated carbocycles. The number of carboxylic acids is 1. The molecule has 23 heavy (non-hydrogen) atoms. The minimum absolute atomic E-state index is 0.476. The van der Waals surface area contributed by atoms with Crippen molar-refractivity contribution in [2.75, 3.05) is 6.54 Å². The van der Waals surface area contributed by atoms with Crippen molar-refractivity contribution in [1.29, 1.82) is 0 Å². The highest BCUT2D eigenvalue weighted by Crippen LogP contribution is 2.29. The molecule has 1 atom stereocenters. The second kappa shape index (κ2) is 6.50. The summed E-state index contributed by atoms with van der Waals surface area (Å²) in [6, 6.07) is 9.61. The van der Waals surface area contributed by atoms with Gasteiger partial charge in [-0.2, -0.15) is 0 Å². The van der Waals surface area contributed by atoms with Crippen molar-refractivity contribution >= 4 is 5.97 Å².